The molecular formula is C18H26CuN8O6. The van der Waals surface area contributed by atoms with Crippen molar-refractivity contribution < 1.29 is 46.5 Å². The summed E-state index contributed by atoms with van der Waals surface area (Å²) in [5.41, 5.74) is 12.8. The molecule has 0 bridgehead atoms. The molecule has 0 saturated carbocycles. The van der Waals surface area contributed by atoms with E-state index >= 15 is 0 Å². The monoisotopic (exact) mass is 513 g/mol. The van der Waals surface area contributed by atoms with E-state index in [0.29, 0.717) is 11.4 Å². The number of carboxylic acid groups (broad SMARTS) is 2. The van der Waals surface area contributed by atoms with Gasteiger partial charge in [0.15, 0.2) is 0 Å². The number of imidazole rings is 2. The number of aryl methyl sites for hydroxylation is 2. The molecule has 0 aliphatic rings. The molecule has 2 amide bonds. The maximum Gasteiger partial charge on any atom is 2.00 e. The Balaban J connectivity index is 0.000000602. The summed E-state index contributed by atoms with van der Waals surface area (Å²) < 4.78 is 0. The van der Waals surface area contributed by atoms with Gasteiger partial charge < -0.3 is 51.9 Å². The molecule has 185 valence electrons. The van der Waals surface area contributed by atoms with E-state index in [9.17, 15) is 29.4 Å². The molecule has 0 aromatic carbocycles. The van der Waals surface area contributed by atoms with Crippen LogP contribution in [0.3, 0.4) is 0 Å². The van der Waals surface area contributed by atoms with Crippen molar-refractivity contribution in [3.63, 3.8) is 0 Å². The van der Waals surface area contributed by atoms with Crippen molar-refractivity contribution in [2.75, 3.05) is 13.1 Å². The Kier molecular flexibility index (Phi) is 13.3. The molecule has 8 N–H and O–H groups in total. The van der Waals surface area contributed by atoms with Crippen LogP contribution in [-0.4, -0.2) is 68.9 Å². The molecule has 0 saturated heterocycles. The van der Waals surface area contributed by atoms with Crippen LogP contribution >= 0.6 is 0 Å². The molecule has 0 unspecified atom stereocenters. The van der Waals surface area contributed by atoms with Gasteiger partial charge in [-0.1, -0.05) is 0 Å². The standard InChI is InChI=1S/2C9H14N4O3.Cu/c2*1-5-6(12-4-11-5)2-7(9(15)16)13-8(14)3-10;/h2*4,7H,2-3,10H2,1H3,(H,11,12)(H,13,14)(H,15,16);/q;;+2/p-2/t2*7-;/m00./s1. The second-order valence-corrected chi connectivity index (χ2v) is 6.64. The van der Waals surface area contributed by atoms with E-state index in [2.05, 4.69) is 30.6 Å². The molecule has 2 atom stereocenters. The summed E-state index contributed by atoms with van der Waals surface area (Å²) >= 11 is 0. The number of aromatic nitrogens is 4. The van der Waals surface area contributed by atoms with Gasteiger partial charge >= 0.3 is 17.1 Å². The van der Waals surface area contributed by atoms with Crippen molar-refractivity contribution in [3.05, 3.63) is 35.4 Å². The molecule has 33 heavy (non-hydrogen) atoms. The van der Waals surface area contributed by atoms with E-state index in [-0.39, 0.29) is 43.0 Å². The quantitative estimate of drug-likeness (QED) is 0.165. The summed E-state index contributed by atoms with van der Waals surface area (Å²) in [6.45, 7) is 3.01. The number of hydrogen-bond donors (Lipinski definition) is 6. The maximum absolute atomic E-state index is 11.0. The van der Waals surface area contributed by atoms with E-state index in [1.54, 1.807) is 13.8 Å². The molecule has 1 radical (unpaired) electrons. The van der Waals surface area contributed by atoms with Gasteiger partial charge in [-0.2, -0.15) is 0 Å². The third-order valence-electron chi connectivity index (χ3n) is 4.27. The Morgan fingerprint density at radius 3 is 1.39 bits per heavy atom. The Morgan fingerprint density at radius 1 is 0.848 bits per heavy atom. The van der Waals surface area contributed by atoms with Gasteiger partial charge in [0.1, 0.15) is 0 Å². The van der Waals surface area contributed by atoms with Gasteiger partial charge in [0.25, 0.3) is 0 Å². The molecule has 14 nitrogen and oxygen atoms in total. The minimum atomic E-state index is -1.36. The van der Waals surface area contributed by atoms with Gasteiger partial charge in [-0.3, -0.25) is 9.59 Å². The van der Waals surface area contributed by atoms with E-state index in [1.165, 1.54) is 12.7 Å². The van der Waals surface area contributed by atoms with Crippen LogP contribution in [0.5, 0.6) is 0 Å². The number of amides is 2. The molecule has 15 heteroatoms. The van der Waals surface area contributed by atoms with E-state index in [4.69, 9.17) is 11.5 Å². The number of carbonyl (C=O) groups is 4. The molecule has 0 aliphatic heterocycles. The minimum Gasteiger partial charge on any atom is -0.548 e. The third-order valence-corrected chi connectivity index (χ3v) is 4.27. The zero-order valence-electron chi connectivity index (χ0n) is 17.9. The van der Waals surface area contributed by atoms with Crippen molar-refractivity contribution in [2.45, 2.75) is 38.8 Å². The number of carboxylic acids is 2. The van der Waals surface area contributed by atoms with Gasteiger partial charge in [0.05, 0.1) is 61.2 Å². The maximum atomic E-state index is 11.0. The third kappa shape index (κ3) is 10.3. The first-order valence-corrected chi connectivity index (χ1v) is 9.47. The SMILES string of the molecule is Cc1[nH]cnc1C[C@H](NC(=O)CN)C(=O)[O-].Cc1[nH]cnc1C[C@H](NC(=O)CN)C(=O)[O-].[Cu+2]. The van der Waals surface area contributed by atoms with E-state index < -0.39 is 35.8 Å². The van der Waals surface area contributed by atoms with Crippen LogP contribution in [0.4, 0.5) is 0 Å². The number of hydrogen-bond acceptors (Lipinski definition) is 10. The average molecular weight is 514 g/mol. The number of aliphatic carboxylic acids is 2. The molecule has 2 rings (SSSR count). The molecule has 0 aliphatic carbocycles. The Bertz CT molecular complexity index is 856. The predicted octanol–water partition coefficient (Wildman–Crippen LogP) is -5.09. The van der Waals surface area contributed by atoms with Crippen LogP contribution in [0.2, 0.25) is 0 Å². The molecule has 2 heterocycles. The van der Waals surface area contributed by atoms with Crippen LogP contribution in [0.15, 0.2) is 12.7 Å². The van der Waals surface area contributed by atoms with Crippen LogP contribution in [0.25, 0.3) is 0 Å². The van der Waals surface area contributed by atoms with Gasteiger partial charge in [-0.05, 0) is 13.8 Å². The fourth-order valence-electron chi connectivity index (χ4n) is 2.47. The van der Waals surface area contributed by atoms with E-state index in [1.807, 2.05) is 0 Å². The van der Waals surface area contributed by atoms with Gasteiger partial charge in [0.2, 0.25) is 11.8 Å². The number of nitrogens with two attached hydrogens (primary N) is 2. The number of rotatable bonds is 10. The topological polar surface area (TPSA) is 248 Å². The Morgan fingerprint density at radius 2 is 1.18 bits per heavy atom. The molecule has 2 aromatic rings. The molecular weight excluding hydrogens is 488 g/mol. The summed E-state index contributed by atoms with van der Waals surface area (Å²) in [5, 5.41) is 26.1. The first-order chi connectivity index (χ1) is 15.1. The number of carbonyl (C=O) groups excluding carboxylic acids is 4. The second kappa shape index (κ2) is 14.7. The molecule has 0 fully saturated rings. The fourth-order valence-corrected chi connectivity index (χ4v) is 2.47. The number of H-pyrrole nitrogens is 2. The summed E-state index contributed by atoms with van der Waals surface area (Å²) in [6.07, 6.45) is 3.07. The van der Waals surface area contributed by atoms with Gasteiger partial charge in [0, 0.05) is 24.2 Å². The molecule has 0 spiro atoms. The minimum absolute atomic E-state index is 0. The largest absolute Gasteiger partial charge is 2.00 e. The summed E-state index contributed by atoms with van der Waals surface area (Å²) in [6, 6.07) is -2.23. The van der Waals surface area contributed by atoms with E-state index in [0.717, 1.165) is 11.4 Å². The molecule has 2 aromatic heterocycles. The first kappa shape index (κ1) is 29.7. The van der Waals surface area contributed by atoms with Crippen molar-refractivity contribution in [3.8, 4) is 0 Å². The van der Waals surface area contributed by atoms with Crippen LogP contribution in [-0.2, 0) is 49.1 Å². The smallest absolute Gasteiger partial charge is 0.548 e. The Labute approximate surface area is 199 Å². The van der Waals surface area contributed by atoms with Crippen molar-refractivity contribution in [1.29, 1.82) is 0 Å². The van der Waals surface area contributed by atoms with Crippen molar-refractivity contribution in [2.24, 2.45) is 11.5 Å². The van der Waals surface area contributed by atoms with Gasteiger partial charge in [-0.25, -0.2) is 9.97 Å². The van der Waals surface area contributed by atoms with Crippen molar-refractivity contribution in [1.82, 2.24) is 30.6 Å². The van der Waals surface area contributed by atoms with Crippen LogP contribution < -0.4 is 32.3 Å². The average Bonchev–Trinajstić information content (AvgIpc) is 3.34. The normalized spacial score (nSPS) is 11.8. The zero-order chi connectivity index (χ0) is 24.3. The predicted molar refractivity (Wildman–Crippen MR) is 106 cm³/mol. The number of nitrogens with zero attached hydrogens (tertiary/aromatic N) is 2. The van der Waals surface area contributed by atoms with Crippen molar-refractivity contribution >= 4 is 23.8 Å². The Hall–Kier alpha value is -3.26. The van der Waals surface area contributed by atoms with Crippen LogP contribution in [0.1, 0.15) is 22.8 Å². The zero-order valence-corrected chi connectivity index (χ0v) is 18.9. The fraction of sp³-hybridized carbons (Fsp3) is 0.444. The number of nitrogens with one attached hydrogen (secondary N) is 4. The van der Waals surface area contributed by atoms with Gasteiger partial charge in [-0.15, -0.1) is 0 Å². The van der Waals surface area contributed by atoms with Crippen LogP contribution in [0, 0.1) is 13.8 Å². The summed E-state index contributed by atoms with van der Waals surface area (Å²) in [7, 11) is 0. The summed E-state index contributed by atoms with van der Waals surface area (Å²) in [4.78, 5) is 57.1. The number of aromatic amines is 2. The first-order valence-electron chi connectivity index (χ1n) is 9.47. The second-order valence-electron chi connectivity index (χ2n) is 6.64. The summed E-state index contributed by atoms with van der Waals surface area (Å²) in [5.74, 6) is -3.79.